The molecule has 0 aromatic heterocycles. The fourth-order valence-electron chi connectivity index (χ4n) is 2.84. The molecular formula is C19H24N2O2. The summed E-state index contributed by atoms with van der Waals surface area (Å²) in [5, 5.41) is 0. The molecule has 2 aromatic rings. The molecule has 122 valence electrons. The predicted octanol–water partition coefficient (Wildman–Crippen LogP) is 4.37. The van der Waals surface area contributed by atoms with Gasteiger partial charge in [-0.3, -0.25) is 4.90 Å². The average Bonchev–Trinajstić information content (AvgIpc) is 2.51. The maximum Gasteiger partial charge on any atom is 0.319 e. The summed E-state index contributed by atoms with van der Waals surface area (Å²) in [5.74, 6) is 0.689. The van der Waals surface area contributed by atoms with Gasteiger partial charge in [0.25, 0.3) is 0 Å². The standard InChI is InChI=1S/C19H24N2O2/c1-19(2,3)17(14-9-6-5-7-10-14)21(18(20)22)15-11-8-12-16(13-15)23-4/h5-13,17H,1-4H3,(H2,20,22). The van der Waals surface area contributed by atoms with E-state index in [9.17, 15) is 4.79 Å². The molecular weight excluding hydrogens is 288 g/mol. The van der Waals surface area contributed by atoms with Crippen LogP contribution in [0.4, 0.5) is 10.5 Å². The second-order valence-electron chi connectivity index (χ2n) is 6.59. The molecule has 0 saturated heterocycles. The number of primary amides is 1. The highest BCUT2D eigenvalue weighted by atomic mass is 16.5. The number of nitrogens with zero attached hydrogens (tertiary/aromatic N) is 1. The summed E-state index contributed by atoms with van der Waals surface area (Å²) in [6.07, 6.45) is 0. The Morgan fingerprint density at radius 3 is 2.26 bits per heavy atom. The van der Waals surface area contributed by atoms with Gasteiger partial charge >= 0.3 is 6.03 Å². The smallest absolute Gasteiger partial charge is 0.319 e. The Bertz CT molecular complexity index is 663. The first-order valence-corrected chi connectivity index (χ1v) is 7.62. The maximum atomic E-state index is 12.3. The van der Waals surface area contributed by atoms with Gasteiger partial charge in [-0.15, -0.1) is 0 Å². The topological polar surface area (TPSA) is 55.6 Å². The quantitative estimate of drug-likeness (QED) is 0.911. The number of rotatable bonds is 4. The van der Waals surface area contributed by atoms with Gasteiger partial charge in [-0.1, -0.05) is 57.2 Å². The molecule has 0 spiro atoms. The molecule has 2 aromatic carbocycles. The van der Waals surface area contributed by atoms with E-state index in [2.05, 4.69) is 20.8 Å². The van der Waals surface area contributed by atoms with Crippen LogP contribution >= 0.6 is 0 Å². The average molecular weight is 312 g/mol. The van der Waals surface area contributed by atoms with E-state index >= 15 is 0 Å². The largest absolute Gasteiger partial charge is 0.497 e. The van der Waals surface area contributed by atoms with Crippen LogP contribution in [0.3, 0.4) is 0 Å². The van der Waals surface area contributed by atoms with Crippen LogP contribution in [0.15, 0.2) is 54.6 Å². The zero-order valence-corrected chi connectivity index (χ0v) is 14.1. The first-order chi connectivity index (χ1) is 10.8. The minimum absolute atomic E-state index is 0.187. The van der Waals surface area contributed by atoms with Crippen molar-refractivity contribution in [2.75, 3.05) is 12.0 Å². The number of amides is 2. The molecule has 0 aliphatic carbocycles. The van der Waals surface area contributed by atoms with Gasteiger partial charge in [0.05, 0.1) is 13.2 Å². The van der Waals surface area contributed by atoms with Crippen molar-refractivity contribution < 1.29 is 9.53 Å². The van der Waals surface area contributed by atoms with E-state index < -0.39 is 6.03 Å². The van der Waals surface area contributed by atoms with Crippen LogP contribution in [-0.4, -0.2) is 13.1 Å². The van der Waals surface area contributed by atoms with Gasteiger partial charge in [0.2, 0.25) is 0 Å². The highest BCUT2D eigenvalue weighted by Crippen LogP contribution is 2.41. The van der Waals surface area contributed by atoms with Gasteiger partial charge in [0.15, 0.2) is 0 Å². The van der Waals surface area contributed by atoms with Crippen molar-refractivity contribution >= 4 is 11.7 Å². The van der Waals surface area contributed by atoms with Crippen molar-refractivity contribution in [1.29, 1.82) is 0 Å². The lowest BCUT2D eigenvalue weighted by atomic mass is 9.81. The fraction of sp³-hybridized carbons (Fsp3) is 0.316. The van der Waals surface area contributed by atoms with E-state index in [0.29, 0.717) is 5.75 Å². The molecule has 2 rings (SSSR count). The van der Waals surface area contributed by atoms with Gasteiger partial charge in [0, 0.05) is 11.8 Å². The second kappa shape index (κ2) is 6.73. The van der Waals surface area contributed by atoms with Crippen molar-refractivity contribution in [3.05, 3.63) is 60.2 Å². The number of carbonyl (C=O) groups excluding carboxylic acids is 1. The van der Waals surface area contributed by atoms with Crippen LogP contribution in [0, 0.1) is 5.41 Å². The number of ether oxygens (including phenoxy) is 1. The van der Waals surface area contributed by atoms with Gasteiger partial charge < -0.3 is 10.5 Å². The Kier molecular flexibility index (Phi) is 4.94. The lowest BCUT2D eigenvalue weighted by Crippen LogP contribution is -2.44. The zero-order chi connectivity index (χ0) is 17.0. The highest BCUT2D eigenvalue weighted by Gasteiger charge is 2.35. The first kappa shape index (κ1) is 16.9. The van der Waals surface area contributed by atoms with Gasteiger partial charge in [0.1, 0.15) is 5.75 Å². The third-order valence-corrected chi connectivity index (χ3v) is 3.76. The number of benzene rings is 2. The number of nitrogens with two attached hydrogens (primary N) is 1. The summed E-state index contributed by atoms with van der Waals surface area (Å²) >= 11 is 0. The molecule has 2 N–H and O–H groups in total. The second-order valence-corrected chi connectivity index (χ2v) is 6.59. The normalized spacial score (nSPS) is 12.5. The van der Waals surface area contributed by atoms with Crippen LogP contribution in [0.1, 0.15) is 32.4 Å². The number of hydrogen-bond acceptors (Lipinski definition) is 2. The molecule has 1 atom stereocenters. The Labute approximate surface area is 137 Å². The van der Waals surface area contributed by atoms with E-state index in [4.69, 9.17) is 10.5 Å². The van der Waals surface area contributed by atoms with E-state index in [1.165, 1.54) is 0 Å². The molecule has 4 heteroatoms. The minimum Gasteiger partial charge on any atom is -0.497 e. The molecule has 0 aliphatic rings. The number of hydrogen-bond donors (Lipinski definition) is 1. The fourth-order valence-corrected chi connectivity index (χ4v) is 2.84. The molecule has 0 radical (unpaired) electrons. The molecule has 1 unspecified atom stereocenters. The summed E-state index contributed by atoms with van der Waals surface area (Å²) in [6, 6.07) is 16.7. The minimum atomic E-state index is -0.484. The summed E-state index contributed by atoms with van der Waals surface area (Å²) in [6.45, 7) is 6.29. The summed E-state index contributed by atoms with van der Waals surface area (Å²) in [4.78, 5) is 13.9. The Balaban J connectivity index is 2.57. The van der Waals surface area contributed by atoms with Crippen molar-refractivity contribution in [3.8, 4) is 5.75 Å². The van der Waals surface area contributed by atoms with Crippen LogP contribution in [-0.2, 0) is 0 Å². The summed E-state index contributed by atoms with van der Waals surface area (Å²) in [7, 11) is 1.60. The monoisotopic (exact) mass is 312 g/mol. The molecule has 0 fully saturated rings. The molecule has 0 aliphatic heterocycles. The lowest BCUT2D eigenvalue weighted by molar-refractivity contribution is 0.240. The molecule has 4 nitrogen and oxygen atoms in total. The molecule has 2 amide bonds. The summed E-state index contributed by atoms with van der Waals surface area (Å²) in [5.41, 5.74) is 7.31. The lowest BCUT2D eigenvalue weighted by Gasteiger charge is -2.39. The van der Waals surface area contributed by atoms with E-state index in [1.807, 2.05) is 54.6 Å². The first-order valence-electron chi connectivity index (χ1n) is 7.62. The number of methoxy groups -OCH3 is 1. The van der Waals surface area contributed by atoms with E-state index in [-0.39, 0.29) is 11.5 Å². The SMILES string of the molecule is COc1cccc(N(C(N)=O)C(c2ccccc2)C(C)(C)C)c1. The number of urea groups is 1. The van der Waals surface area contributed by atoms with Crippen LogP contribution in [0.2, 0.25) is 0 Å². The maximum absolute atomic E-state index is 12.3. The number of anilines is 1. The number of carbonyl (C=O) groups is 1. The van der Waals surface area contributed by atoms with Gasteiger partial charge in [-0.25, -0.2) is 4.79 Å². The van der Waals surface area contributed by atoms with Gasteiger partial charge in [-0.2, -0.15) is 0 Å². The zero-order valence-electron chi connectivity index (χ0n) is 14.1. The van der Waals surface area contributed by atoms with Crippen LogP contribution in [0.25, 0.3) is 0 Å². The predicted molar refractivity (Wildman–Crippen MR) is 93.7 cm³/mol. The Morgan fingerprint density at radius 1 is 1.09 bits per heavy atom. The van der Waals surface area contributed by atoms with Crippen LogP contribution < -0.4 is 15.4 Å². The van der Waals surface area contributed by atoms with Crippen molar-refractivity contribution in [3.63, 3.8) is 0 Å². The molecule has 23 heavy (non-hydrogen) atoms. The van der Waals surface area contributed by atoms with E-state index in [1.54, 1.807) is 12.0 Å². The van der Waals surface area contributed by atoms with Crippen LogP contribution in [0.5, 0.6) is 5.75 Å². The van der Waals surface area contributed by atoms with Crippen molar-refractivity contribution in [2.24, 2.45) is 11.1 Å². The Hall–Kier alpha value is -2.49. The third-order valence-electron chi connectivity index (χ3n) is 3.76. The van der Waals surface area contributed by atoms with Crippen molar-refractivity contribution in [2.45, 2.75) is 26.8 Å². The Morgan fingerprint density at radius 2 is 1.74 bits per heavy atom. The molecule has 0 saturated carbocycles. The molecule has 0 bridgehead atoms. The summed E-state index contributed by atoms with van der Waals surface area (Å²) < 4.78 is 5.28. The third kappa shape index (κ3) is 3.83. The van der Waals surface area contributed by atoms with Gasteiger partial charge in [-0.05, 0) is 23.1 Å². The highest BCUT2D eigenvalue weighted by molar-refractivity contribution is 5.92. The molecule has 0 heterocycles. The van der Waals surface area contributed by atoms with Crippen molar-refractivity contribution in [1.82, 2.24) is 0 Å². The van der Waals surface area contributed by atoms with E-state index in [0.717, 1.165) is 11.3 Å².